The summed E-state index contributed by atoms with van der Waals surface area (Å²) >= 11 is 2.00. The average Bonchev–Trinajstić information content (AvgIpc) is 2.99. The summed E-state index contributed by atoms with van der Waals surface area (Å²) in [6, 6.07) is 15.9. The van der Waals surface area contributed by atoms with Gasteiger partial charge in [-0.25, -0.2) is 0 Å². The second-order valence-electron chi connectivity index (χ2n) is 6.72. The van der Waals surface area contributed by atoms with Crippen LogP contribution in [0.25, 0.3) is 20.2 Å². The minimum absolute atomic E-state index is 0.773. The van der Waals surface area contributed by atoms with E-state index in [1.807, 2.05) is 11.3 Å². The predicted molar refractivity (Wildman–Crippen MR) is 99.0 cm³/mol. The first-order valence-electron chi connectivity index (χ1n) is 8.83. The minimum Gasteiger partial charge on any atom is -0.135 e. The van der Waals surface area contributed by atoms with Crippen LogP contribution >= 0.6 is 11.3 Å². The highest BCUT2D eigenvalue weighted by Crippen LogP contribution is 2.41. The minimum atomic E-state index is 0.773. The molecule has 22 heavy (non-hydrogen) atoms. The van der Waals surface area contributed by atoms with Crippen LogP contribution in [0.15, 0.2) is 42.5 Å². The zero-order valence-electron chi connectivity index (χ0n) is 13.2. The molecule has 0 bridgehead atoms. The van der Waals surface area contributed by atoms with Crippen LogP contribution in [0.1, 0.15) is 62.8 Å². The molecule has 1 saturated carbocycles. The fraction of sp³-hybridized carbons (Fsp3) is 0.429. The molecule has 0 spiro atoms. The van der Waals surface area contributed by atoms with Crippen LogP contribution in [-0.4, -0.2) is 0 Å². The molecule has 4 rings (SSSR count). The molecule has 1 aromatic heterocycles. The smallest absolute Gasteiger partial charge is 0.0390 e. The van der Waals surface area contributed by atoms with E-state index in [0.29, 0.717) is 0 Å². The van der Waals surface area contributed by atoms with Crippen molar-refractivity contribution in [1.82, 2.24) is 0 Å². The molecule has 1 aliphatic carbocycles. The van der Waals surface area contributed by atoms with Crippen molar-refractivity contribution in [3.05, 3.63) is 48.0 Å². The van der Waals surface area contributed by atoms with Crippen LogP contribution in [0.4, 0.5) is 0 Å². The summed E-state index contributed by atoms with van der Waals surface area (Å²) in [5, 5.41) is 2.91. The molecule has 114 valence electrons. The highest BCUT2D eigenvalue weighted by Gasteiger charge is 2.17. The Hall–Kier alpha value is -1.34. The van der Waals surface area contributed by atoms with E-state index >= 15 is 0 Å². The van der Waals surface area contributed by atoms with Crippen molar-refractivity contribution in [2.75, 3.05) is 0 Å². The molecule has 2 aromatic carbocycles. The van der Waals surface area contributed by atoms with Crippen molar-refractivity contribution >= 4 is 31.5 Å². The van der Waals surface area contributed by atoms with Crippen molar-refractivity contribution < 1.29 is 0 Å². The van der Waals surface area contributed by atoms with E-state index in [-0.39, 0.29) is 0 Å². The van der Waals surface area contributed by atoms with Crippen LogP contribution in [0, 0.1) is 0 Å². The maximum atomic E-state index is 2.40. The van der Waals surface area contributed by atoms with Gasteiger partial charge in [0.25, 0.3) is 0 Å². The Morgan fingerprint density at radius 2 is 1.36 bits per heavy atom. The third-order valence-corrected chi connectivity index (χ3v) is 6.47. The second kappa shape index (κ2) is 6.42. The summed E-state index contributed by atoms with van der Waals surface area (Å²) in [5.41, 5.74) is 1.63. The molecule has 0 N–H and O–H groups in total. The molecule has 1 aliphatic rings. The second-order valence-corrected chi connectivity index (χ2v) is 7.77. The van der Waals surface area contributed by atoms with Crippen molar-refractivity contribution in [2.45, 2.75) is 57.3 Å². The van der Waals surface area contributed by atoms with Gasteiger partial charge in [0.15, 0.2) is 0 Å². The number of thiophene rings is 1. The normalized spacial score (nSPS) is 18.2. The van der Waals surface area contributed by atoms with E-state index in [4.69, 9.17) is 0 Å². The molecule has 0 nitrogen and oxygen atoms in total. The zero-order chi connectivity index (χ0) is 14.8. The molecule has 1 heterocycles. The van der Waals surface area contributed by atoms with E-state index in [9.17, 15) is 0 Å². The summed E-state index contributed by atoms with van der Waals surface area (Å²) < 4.78 is 2.99. The summed E-state index contributed by atoms with van der Waals surface area (Å²) in [4.78, 5) is 0. The fourth-order valence-corrected chi connectivity index (χ4v) is 5.33. The van der Waals surface area contributed by atoms with Crippen molar-refractivity contribution in [1.29, 1.82) is 0 Å². The van der Waals surface area contributed by atoms with Crippen LogP contribution in [0.5, 0.6) is 0 Å². The number of rotatable bonds is 1. The lowest BCUT2D eigenvalue weighted by atomic mass is 9.89. The quantitative estimate of drug-likeness (QED) is 0.443. The Morgan fingerprint density at radius 1 is 0.682 bits per heavy atom. The Kier molecular flexibility index (Phi) is 4.16. The Morgan fingerprint density at radius 3 is 2.18 bits per heavy atom. The lowest BCUT2D eigenvalue weighted by Gasteiger charge is -2.17. The standard InChI is InChI=1S/C21H24S/c1-2-4-6-11-16(10-5-3-1)17-13-9-14-19-18-12-7-8-15-20(18)22-21(17)19/h7-9,12-16H,1-6,10-11H2. The summed E-state index contributed by atoms with van der Waals surface area (Å²) in [5.74, 6) is 0.773. The first-order valence-corrected chi connectivity index (χ1v) is 9.65. The monoisotopic (exact) mass is 308 g/mol. The van der Waals surface area contributed by atoms with E-state index < -0.39 is 0 Å². The summed E-state index contributed by atoms with van der Waals surface area (Å²) in [7, 11) is 0. The van der Waals surface area contributed by atoms with Gasteiger partial charge in [0.1, 0.15) is 0 Å². The van der Waals surface area contributed by atoms with E-state index in [1.54, 1.807) is 10.3 Å². The molecule has 0 amide bonds. The Balaban J connectivity index is 1.79. The number of fused-ring (bicyclic) bond motifs is 3. The molecule has 0 atom stereocenters. The van der Waals surface area contributed by atoms with Gasteiger partial charge in [-0.2, -0.15) is 0 Å². The van der Waals surface area contributed by atoms with Crippen molar-refractivity contribution in [3.8, 4) is 0 Å². The van der Waals surface area contributed by atoms with Crippen LogP contribution in [-0.2, 0) is 0 Å². The summed E-state index contributed by atoms with van der Waals surface area (Å²) in [6.45, 7) is 0. The van der Waals surface area contributed by atoms with Gasteiger partial charge >= 0.3 is 0 Å². The third-order valence-electron chi connectivity index (χ3n) is 5.23. The van der Waals surface area contributed by atoms with Crippen LogP contribution < -0.4 is 0 Å². The predicted octanol–water partition coefficient (Wildman–Crippen LogP) is 7.27. The van der Waals surface area contributed by atoms with Crippen molar-refractivity contribution in [2.24, 2.45) is 0 Å². The van der Waals surface area contributed by atoms with Gasteiger partial charge in [-0.15, -0.1) is 11.3 Å². The highest BCUT2D eigenvalue weighted by molar-refractivity contribution is 7.26. The van der Waals surface area contributed by atoms with Gasteiger partial charge in [-0.05, 0) is 30.4 Å². The molecule has 0 radical (unpaired) electrons. The van der Waals surface area contributed by atoms with Gasteiger partial charge < -0.3 is 0 Å². The molecular weight excluding hydrogens is 284 g/mol. The topological polar surface area (TPSA) is 0 Å². The van der Waals surface area contributed by atoms with Gasteiger partial charge in [0.05, 0.1) is 0 Å². The fourth-order valence-electron chi connectivity index (χ4n) is 4.03. The molecule has 1 heteroatoms. The zero-order valence-corrected chi connectivity index (χ0v) is 14.0. The van der Waals surface area contributed by atoms with Gasteiger partial charge in [0.2, 0.25) is 0 Å². The van der Waals surface area contributed by atoms with Crippen LogP contribution in [0.2, 0.25) is 0 Å². The number of benzene rings is 2. The maximum Gasteiger partial charge on any atom is 0.0390 e. The number of hydrogen-bond acceptors (Lipinski definition) is 1. The molecular formula is C21H24S. The molecule has 3 aromatic rings. The lowest BCUT2D eigenvalue weighted by molar-refractivity contribution is 0.543. The highest BCUT2D eigenvalue weighted by atomic mass is 32.1. The van der Waals surface area contributed by atoms with Gasteiger partial charge in [-0.1, -0.05) is 74.9 Å². The average molecular weight is 308 g/mol. The van der Waals surface area contributed by atoms with Crippen LogP contribution in [0.3, 0.4) is 0 Å². The SMILES string of the molecule is c1ccc2c(c1)sc1c(C3CCCCCCCC3)cccc12. The van der Waals surface area contributed by atoms with Crippen molar-refractivity contribution in [3.63, 3.8) is 0 Å². The molecule has 0 unspecified atom stereocenters. The van der Waals surface area contributed by atoms with E-state index in [2.05, 4.69) is 42.5 Å². The van der Waals surface area contributed by atoms with Gasteiger partial charge in [-0.3, -0.25) is 0 Å². The van der Waals surface area contributed by atoms with E-state index in [0.717, 1.165) is 5.92 Å². The Labute approximate surface area is 137 Å². The number of hydrogen-bond donors (Lipinski definition) is 0. The maximum absolute atomic E-state index is 2.40. The Bertz CT molecular complexity index is 758. The largest absolute Gasteiger partial charge is 0.135 e. The lowest BCUT2D eigenvalue weighted by Crippen LogP contribution is -1.99. The third kappa shape index (κ3) is 2.67. The van der Waals surface area contributed by atoms with E-state index in [1.165, 1.54) is 66.8 Å². The van der Waals surface area contributed by atoms with Gasteiger partial charge in [0, 0.05) is 20.2 Å². The molecule has 0 aliphatic heterocycles. The first kappa shape index (κ1) is 14.3. The molecule has 0 saturated heterocycles. The molecule has 1 fully saturated rings. The first-order chi connectivity index (χ1) is 10.9. The summed E-state index contributed by atoms with van der Waals surface area (Å²) in [6.07, 6.45) is 11.3.